The van der Waals surface area contributed by atoms with Crippen molar-refractivity contribution in [2.24, 2.45) is 10.9 Å². The van der Waals surface area contributed by atoms with E-state index >= 15 is 0 Å². The first-order valence-electron chi connectivity index (χ1n) is 4.77. The van der Waals surface area contributed by atoms with Crippen LogP contribution in [0.25, 0.3) is 0 Å². The first-order chi connectivity index (χ1) is 5.66. The van der Waals surface area contributed by atoms with Crippen molar-refractivity contribution < 1.29 is 5.11 Å². The smallest absolute Gasteiger partial charge is 0.0431 e. The summed E-state index contributed by atoms with van der Waals surface area (Å²) in [6.45, 7) is 7.65. The highest BCUT2D eigenvalue weighted by molar-refractivity contribution is 5.81. The van der Waals surface area contributed by atoms with Gasteiger partial charge in [-0.2, -0.15) is 0 Å². The van der Waals surface area contributed by atoms with Gasteiger partial charge in [-0.25, -0.2) is 0 Å². The van der Waals surface area contributed by atoms with E-state index in [9.17, 15) is 0 Å². The maximum absolute atomic E-state index is 8.53. The van der Waals surface area contributed by atoms with Crippen molar-refractivity contribution in [3.05, 3.63) is 0 Å². The molecule has 0 spiro atoms. The molecule has 0 fully saturated rings. The number of aliphatic hydroxyl groups excluding tert-OH is 1. The van der Waals surface area contributed by atoms with Gasteiger partial charge in [0.1, 0.15) is 0 Å². The SMILES string of the molecule is CC(CC(C)C)=NCCCCO. The van der Waals surface area contributed by atoms with Crippen LogP contribution >= 0.6 is 0 Å². The van der Waals surface area contributed by atoms with E-state index in [0.29, 0.717) is 12.5 Å². The quantitative estimate of drug-likeness (QED) is 0.482. The Morgan fingerprint density at radius 1 is 1.33 bits per heavy atom. The Bertz CT molecular complexity index is 130. The minimum absolute atomic E-state index is 0.290. The molecular formula is C10H21NO. The second-order valence-corrected chi connectivity index (χ2v) is 3.65. The molecule has 0 atom stereocenters. The normalized spacial score (nSPS) is 12.6. The van der Waals surface area contributed by atoms with Crippen LogP contribution in [0.3, 0.4) is 0 Å². The second kappa shape index (κ2) is 7.29. The second-order valence-electron chi connectivity index (χ2n) is 3.65. The highest BCUT2D eigenvalue weighted by Crippen LogP contribution is 2.01. The van der Waals surface area contributed by atoms with Gasteiger partial charge in [-0.15, -0.1) is 0 Å². The zero-order chi connectivity index (χ0) is 9.40. The lowest BCUT2D eigenvalue weighted by molar-refractivity contribution is 0.285. The van der Waals surface area contributed by atoms with Crippen LogP contribution in [0, 0.1) is 5.92 Å². The van der Waals surface area contributed by atoms with Crippen LogP contribution in [-0.2, 0) is 0 Å². The third-order valence-corrected chi connectivity index (χ3v) is 1.65. The lowest BCUT2D eigenvalue weighted by Gasteiger charge is -2.03. The molecule has 0 radical (unpaired) electrons. The van der Waals surface area contributed by atoms with Crippen molar-refractivity contribution in [2.45, 2.75) is 40.0 Å². The lowest BCUT2D eigenvalue weighted by Crippen LogP contribution is -1.99. The molecule has 1 N–H and O–H groups in total. The summed E-state index contributed by atoms with van der Waals surface area (Å²) < 4.78 is 0. The van der Waals surface area contributed by atoms with Crippen LogP contribution in [0.2, 0.25) is 0 Å². The van der Waals surface area contributed by atoms with Crippen LogP contribution in [0.1, 0.15) is 40.0 Å². The zero-order valence-corrected chi connectivity index (χ0v) is 8.51. The summed E-state index contributed by atoms with van der Waals surface area (Å²) in [5.74, 6) is 0.701. The maximum Gasteiger partial charge on any atom is 0.0431 e. The third-order valence-electron chi connectivity index (χ3n) is 1.65. The summed E-state index contributed by atoms with van der Waals surface area (Å²) in [6.07, 6.45) is 2.98. The average Bonchev–Trinajstić information content (AvgIpc) is 1.97. The van der Waals surface area contributed by atoms with Crippen LogP contribution in [0.5, 0.6) is 0 Å². The standard InChI is InChI=1S/C10H21NO/c1-9(2)8-10(3)11-6-4-5-7-12/h9,12H,4-8H2,1-3H3. The summed E-state index contributed by atoms with van der Waals surface area (Å²) in [4.78, 5) is 4.41. The number of unbranched alkanes of at least 4 members (excludes halogenated alkanes) is 1. The summed E-state index contributed by atoms with van der Waals surface area (Å²) in [6, 6.07) is 0. The highest BCUT2D eigenvalue weighted by Gasteiger charge is 1.95. The molecule has 0 heterocycles. The zero-order valence-electron chi connectivity index (χ0n) is 8.51. The summed E-state index contributed by atoms with van der Waals surface area (Å²) in [5, 5.41) is 8.53. The van der Waals surface area contributed by atoms with E-state index in [-0.39, 0.29) is 0 Å². The van der Waals surface area contributed by atoms with E-state index < -0.39 is 0 Å². The maximum atomic E-state index is 8.53. The number of rotatable bonds is 6. The van der Waals surface area contributed by atoms with Gasteiger partial charge in [-0.1, -0.05) is 13.8 Å². The molecule has 0 rings (SSSR count). The van der Waals surface area contributed by atoms with Gasteiger partial charge >= 0.3 is 0 Å². The Hall–Kier alpha value is -0.370. The Balaban J connectivity index is 3.41. The highest BCUT2D eigenvalue weighted by atomic mass is 16.2. The van der Waals surface area contributed by atoms with Crippen molar-refractivity contribution in [1.82, 2.24) is 0 Å². The predicted octanol–water partition coefficient (Wildman–Crippen LogP) is 2.27. The van der Waals surface area contributed by atoms with Gasteiger partial charge in [-0.05, 0) is 32.1 Å². The van der Waals surface area contributed by atoms with Gasteiger partial charge in [0.05, 0.1) is 0 Å². The fraction of sp³-hybridized carbons (Fsp3) is 0.900. The van der Waals surface area contributed by atoms with Gasteiger partial charge in [0.15, 0.2) is 0 Å². The van der Waals surface area contributed by atoms with Crippen LogP contribution in [0.4, 0.5) is 0 Å². The molecule has 12 heavy (non-hydrogen) atoms. The molecule has 0 saturated heterocycles. The fourth-order valence-electron chi connectivity index (χ4n) is 1.15. The average molecular weight is 171 g/mol. The molecule has 0 aromatic heterocycles. The van der Waals surface area contributed by atoms with E-state index in [1.54, 1.807) is 0 Å². The monoisotopic (exact) mass is 171 g/mol. The Labute approximate surface area is 75.7 Å². The predicted molar refractivity (Wildman–Crippen MR) is 53.8 cm³/mol. The first-order valence-corrected chi connectivity index (χ1v) is 4.77. The lowest BCUT2D eigenvalue weighted by atomic mass is 10.1. The molecule has 0 saturated carbocycles. The molecule has 0 unspecified atom stereocenters. The Morgan fingerprint density at radius 3 is 2.50 bits per heavy atom. The van der Waals surface area contributed by atoms with Gasteiger partial charge in [0.2, 0.25) is 0 Å². The van der Waals surface area contributed by atoms with E-state index in [0.717, 1.165) is 25.8 Å². The van der Waals surface area contributed by atoms with Crippen molar-refractivity contribution in [3.8, 4) is 0 Å². The minimum atomic E-state index is 0.290. The van der Waals surface area contributed by atoms with E-state index in [1.807, 2.05) is 0 Å². The molecule has 2 heteroatoms. The van der Waals surface area contributed by atoms with E-state index in [2.05, 4.69) is 25.8 Å². The number of hydrogen-bond acceptors (Lipinski definition) is 2. The largest absolute Gasteiger partial charge is 0.396 e. The van der Waals surface area contributed by atoms with Gasteiger partial charge < -0.3 is 5.11 Å². The molecule has 0 aliphatic heterocycles. The Morgan fingerprint density at radius 2 is 2.00 bits per heavy atom. The molecule has 0 amide bonds. The summed E-state index contributed by atoms with van der Waals surface area (Å²) in [5.41, 5.74) is 1.24. The van der Waals surface area contributed by atoms with Gasteiger partial charge in [-0.3, -0.25) is 4.99 Å². The first kappa shape index (κ1) is 11.6. The van der Waals surface area contributed by atoms with Crippen molar-refractivity contribution >= 4 is 5.71 Å². The number of aliphatic hydroxyl groups is 1. The summed E-state index contributed by atoms with van der Waals surface area (Å²) in [7, 11) is 0. The fourth-order valence-corrected chi connectivity index (χ4v) is 1.15. The van der Waals surface area contributed by atoms with Gasteiger partial charge in [0.25, 0.3) is 0 Å². The van der Waals surface area contributed by atoms with Gasteiger partial charge in [0, 0.05) is 18.9 Å². The van der Waals surface area contributed by atoms with Crippen molar-refractivity contribution in [2.75, 3.05) is 13.2 Å². The molecule has 0 aromatic rings. The Kier molecular flexibility index (Phi) is 7.06. The number of nitrogens with zero attached hydrogens (tertiary/aromatic N) is 1. The van der Waals surface area contributed by atoms with E-state index in [1.165, 1.54) is 5.71 Å². The van der Waals surface area contributed by atoms with Crippen LogP contribution < -0.4 is 0 Å². The van der Waals surface area contributed by atoms with Crippen LogP contribution in [-0.4, -0.2) is 24.0 Å². The molecule has 0 aromatic carbocycles. The third kappa shape index (κ3) is 7.73. The molecule has 72 valence electrons. The van der Waals surface area contributed by atoms with Crippen molar-refractivity contribution in [3.63, 3.8) is 0 Å². The minimum Gasteiger partial charge on any atom is -0.396 e. The van der Waals surface area contributed by atoms with Crippen LogP contribution in [0.15, 0.2) is 4.99 Å². The molecule has 0 aliphatic carbocycles. The molecule has 0 bridgehead atoms. The summed E-state index contributed by atoms with van der Waals surface area (Å²) >= 11 is 0. The number of aliphatic imine (C=N–C) groups is 1. The van der Waals surface area contributed by atoms with E-state index in [4.69, 9.17) is 5.11 Å². The molecule has 2 nitrogen and oxygen atoms in total. The number of hydrogen-bond donors (Lipinski definition) is 1. The topological polar surface area (TPSA) is 32.6 Å². The van der Waals surface area contributed by atoms with Crippen molar-refractivity contribution in [1.29, 1.82) is 0 Å². The molecular weight excluding hydrogens is 150 g/mol. The molecule has 0 aliphatic rings.